The highest BCUT2D eigenvalue weighted by Gasteiger charge is 2.23. The van der Waals surface area contributed by atoms with E-state index >= 15 is 0 Å². The van der Waals surface area contributed by atoms with Crippen LogP contribution in [0.1, 0.15) is 17.0 Å². The number of hydrogen-bond acceptors (Lipinski definition) is 6. The standard InChI is InChI=1S/C15H21N5O.2ClH/c1-16-9-14-18-19-15(21-14)17-8-13-7-11-5-3-4-6-12(11)10-20(13)2;;/h3-6,13,16H,7-10H2,1-2H3,(H,17,19);2*1H. The molecule has 3 rings (SSSR count). The largest absolute Gasteiger partial charge is 0.407 e. The highest BCUT2D eigenvalue weighted by atomic mass is 35.5. The molecular formula is C15H23Cl2N5O. The number of rotatable bonds is 5. The van der Waals surface area contributed by atoms with Crippen LogP contribution in [-0.2, 0) is 19.5 Å². The number of anilines is 1. The van der Waals surface area contributed by atoms with E-state index in [0.717, 1.165) is 19.5 Å². The van der Waals surface area contributed by atoms with Gasteiger partial charge in [-0.15, -0.1) is 29.9 Å². The summed E-state index contributed by atoms with van der Waals surface area (Å²) in [4.78, 5) is 2.36. The topological polar surface area (TPSA) is 66.2 Å². The van der Waals surface area contributed by atoms with Gasteiger partial charge in [0.2, 0.25) is 5.89 Å². The molecular weight excluding hydrogens is 337 g/mol. The molecule has 0 bridgehead atoms. The van der Waals surface area contributed by atoms with Crippen molar-refractivity contribution in [1.82, 2.24) is 20.4 Å². The first-order valence-corrected chi connectivity index (χ1v) is 7.24. The summed E-state index contributed by atoms with van der Waals surface area (Å²) >= 11 is 0. The molecule has 1 aliphatic rings. The molecule has 2 N–H and O–H groups in total. The summed E-state index contributed by atoms with van der Waals surface area (Å²) in [6, 6.07) is 9.56. The average Bonchev–Trinajstić information content (AvgIpc) is 2.93. The van der Waals surface area contributed by atoms with Gasteiger partial charge in [-0.05, 0) is 31.6 Å². The molecule has 8 heteroatoms. The lowest BCUT2D eigenvalue weighted by Gasteiger charge is -2.33. The highest BCUT2D eigenvalue weighted by molar-refractivity contribution is 5.85. The van der Waals surface area contributed by atoms with E-state index in [4.69, 9.17) is 4.42 Å². The van der Waals surface area contributed by atoms with Crippen molar-refractivity contribution in [2.45, 2.75) is 25.6 Å². The molecule has 0 spiro atoms. The van der Waals surface area contributed by atoms with E-state index in [0.29, 0.717) is 24.5 Å². The number of benzene rings is 1. The third kappa shape index (κ3) is 4.81. The molecule has 0 radical (unpaired) electrons. The fraction of sp³-hybridized carbons (Fsp3) is 0.467. The number of aromatic nitrogens is 2. The van der Waals surface area contributed by atoms with E-state index in [9.17, 15) is 0 Å². The predicted octanol–water partition coefficient (Wildman–Crippen LogP) is 2.10. The fourth-order valence-electron chi connectivity index (χ4n) is 2.70. The second-order valence-electron chi connectivity index (χ2n) is 5.45. The van der Waals surface area contributed by atoms with Crippen molar-refractivity contribution in [2.75, 3.05) is 26.0 Å². The first kappa shape index (κ1) is 19.7. The van der Waals surface area contributed by atoms with Crippen LogP contribution in [0.4, 0.5) is 6.01 Å². The Morgan fingerprint density at radius 1 is 1.22 bits per heavy atom. The molecule has 23 heavy (non-hydrogen) atoms. The van der Waals surface area contributed by atoms with Crippen molar-refractivity contribution in [3.8, 4) is 0 Å². The van der Waals surface area contributed by atoms with Gasteiger partial charge in [0.25, 0.3) is 0 Å². The average molecular weight is 360 g/mol. The van der Waals surface area contributed by atoms with Crippen LogP contribution in [0.5, 0.6) is 0 Å². The van der Waals surface area contributed by atoms with Gasteiger partial charge in [0, 0.05) is 19.1 Å². The molecule has 0 saturated carbocycles. The van der Waals surface area contributed by atoms with E-state index in [1.54, 1.807) is 0 Å². The van der Waals surface area contributed by atoms with Crippen LogP contribution in [0.2, 0.25) is 0 Å². The summed E-state index contributed by atoms with van der Waals surface area (Å²) in [6.45, 7) is 2.37. The van der Waals surface area contributed by atoms with Gasteiger partial charge >= 0.3 is 6.01 Å². The Morgan fingerprint density at radius 2 is 1.96 bits per heavy atom. The molecule has 1 aromatic carbocycles. The third-order valence-corrected chi connectivity index (χ3v) is 3.90. The minimum Gasteiger partial charge on any atom is -0.407 e. The Bertz CT molecular complexity index is 607. The zero-order valence-electron chi connectivity index (χ0n) is 13.3. The van der Waals surface area contributed by atoms with Crippen LogP contribution in [0, 0.1) is 0 Å². The fourth-order valence-corrected chi connectivity index (χ4v) is 2.70. The van der Waals surface area contributed by atoms with Crippen molar-refractivity contribution in [3.05, 3.63) is 41.3 Å². The quantitative estimate of drug-likeness (QED) is 0.851. The maximum Gasteiger partial charge on any atom is 0.315 e. The number of nitrogens with zero attached hydrogens (tertiary/aromatic N) is 3. The third-order valence-electron chi connectivity index (χ3n) is 3.90. The zero-order chi connectivity index (χ0) is 14.7. The maximum absolute atomic E-state index is 5.51. The Balaban J connectivity index is 0.00000132. The summed E-state index contributed by atoms with van der Waals surface area (Å²) in [5.74, 6) is 0.599. The van der Waals surface area contributed by atoms with Crippen molar-refractivity contribution in [1.29, 1.82) is 0 Å². The van der Waals surface area contributed by atoms with Gasteiger partial charge in [0.05, 0.1) is 6.54 Å². The van der Waals surface area contributed by atoms with Gasteiger partial charge < -0.3 is 15.1 Å². The monoisotopic (exact) mass is 359 g/mol. The predicted molar refractivity (Wildman–Crippen MR) is 95.4 cm³/mol. The van der Waals surface area contributed by atoms with Crippen molar-refractivity contribution >= 4 is 30.8 Å². The summed E-state index contributed by atoms with van der Waals surface area (Å²) in [5, 5.41) is 14.2. The molecule has 1 aromatic heterocycles. The minimum atomic E-state index is 0. The molecule has 1 unspecified atom stereocenters. The smallest absolute Gasteiger partial charge is 0.315 e. The van der Waals surface area contributed by atoms with Crippen LogP contribution in [0.25, 0.3) is 0 Å². The van der Waals surface area contributed by atoms with Gasteiger partial charge in [0.15, 0.2) is 0 Å². The van der Waals surface area contributed by atoms with Crippen LogP contribution in [-0.4, -0.2) is 41.8 Å². The number of fused-ring (bicyclic) bond motifs is 1. The van der Waals surface area contributed by atoms with Gasteiger partial charge in [-0.1, -0.05) is 29.4 Å². The molecule has 0 saturated heterocycles. The number of halogens is 2. The molecule has 6 nitrogen and oxygen atoms in total. The van der Waals surface area contributed by atoms with Gasteiger partial charge in [0.1, 0.15) is 0 Å². The molecule has 1 atom stereocenters. The second kappa shape index (κ2) is 9.08. The lowest BCUT2D eigenvalue weighted by atomic mass is 9.94. The van der Waals surface area contributed by atoms with E-state index in [2.05, 4.69) is 57.0 Å². The SMILES string of the molecule is CNCc1nnc(NCC2Cc3ccccc3CN2C)o1.Cl.Cl. The number of hydrogen-bond donors (Lipinski definition) is 2. The molecule has 0 fully saturated rings. The molecule has 2 heterocycles. The van der Waals surface area contributed by atoms with Crippen LogP contribution in [0.3, 0.4) is 0 Å². The van der Waals surface area contributed by atoms with Crippen LogP contribution < -0.4 is 10.6 Å². The van der Waals surface area contributed by atoms with E-state index in [1.165, 1.54) is 11.1 Å². The molecule has 0 amide bonds. The Morgan fingerprint density at radius 3 is 2.70 bits per heavy atom. The van der Waals surface area contributed by atoms with Crippen molar-refractivity contribution < 1.29 is 4.42 Å². The van der Waals surface area contributed by atoms with Crippen LogP contribution >= 0.6 is 24.8 Å². The van der Waals surface area contributed by atoms with Crippen molar-refractivity contribution in [3.63, 3.8) is 0 Å². The second-order valence-corrected chi connectivity index (χ2v) is 5.45. The molecule has 2 aromatic rings. The summed E-state index contributed by atoms with van der Waals surface area (Å²) < 4.78 is 5.51. The lowest BCUT2D eigenvalue weighted by molar-refractivity contribution is 0.224. The molecule has 128 valence electrons. The molecule has 1 aliphatic heterocycles. The van der Waals surface area contributed by atoms with E-state index in [1.807, 2.05) is 7.05 Å². The molecule has 0 aliphatic carbocycles. The summed E-state index contributed by atoms with van der Waals surface area (Å²) in [5.41, 5.74) is 2.86. The van der Waals surface area contributed by atoms with Gasteiger partial charge in [-0.3, -0.25) is 4.90 Å². The van der Waals surface area contributed by atoms with Crippen molar-refractivity contribution in [2.24, 2.45) is 0 Å². The van der Waals surface area contributed by atoms with Gasteiger partial charge in [-0.2, -0.15) is 0 Å². The highest BCUT2D eigenvalue weighted by Crippen LogP contribution is 2.22. The van der Waals surface area contributed by atoms with E-state index in [-0.39, 0.29) is 24.8 Å². The zero-order valence-corrected chi connectivity index (χ0v) is 14.9. The minimum absolute atomic E-state index is 0. The summed E-state index contributed by atoms with van der Waals surface area (Å²) in [6.07, 6.45) is 1.04. The van der Waals surface area contributed by atoms with Gasteiger partial charge in [-0.25, -0.2) is 0 Å². The Hall–Kier alpha value is -1.34. The Labute approximate surface area is 148 Å². The summed E-state index contributed by atoms with van der Waals surface area (Å²) in [7, 11) is 4.01. The first-order valence-electron chi connectivity index (χ1n) is 7.24. The van der Waals surface area contributed by atoms with Crippen LogP contribution in [0.15, 0.2) is 28.7 Å². The van der Waals surface area contributed by atoms with E-state index < -0.39 is 0 Å². The lowest BCUT2D eigenvalue weighted by Crippen LogP contribution is -2.42. The normalized spacial score (nSPS) is 16.9. The maximum atomic E-state index is 5.51. The first-order chi connectivity index (χ1) is 10.3. The number of nitrogens with one attached hydrogen (secondary N) is 2. The Kier molecular flexibility index (Phi) is 7.78. The number of likely N-dealkylation sites (N-methyl/N-ethyl adjacent to an activating group) is 1.